The van der Waals surface area contributed by atoms with Crippen molar-refractivity contribution in [1.29, 1.82) is 0 Å². The zero-order chi connectivity index (χ0) is 15.4. The summed E-state index contributed by atoms with van der Waals surface area (Å²) >= 11 is 0. The number of nitrogens with one attached hydrogen (secondary N) is 2. The van der Waals surface area contributed by atoms with Crippen molar-refractivity contribution >= 4 is 0 Å². The molecule has 22 heavy (non-hydrogen) atoms. The second kappa shape index (κ2) is 6.21. The SMILES string of the molecule is O=c1ccn(CCc2n[nH]c(Cc3ccccc3)n2)c(=O)[nH]1. The lowest BCUT2D eigenvalue weighted by Gasteiger charge is -2.01. The minimum Gasteiger partial charge on any atom is -0.300 e. The lowest BCUT2D eigenvalue weighted by atomic mass is 10.1. The van der Waals surface area contributed by atoms with Crippen LogP contribution in [0.15, 0.2) is 52.2 Å². The smallest absolute Gasteiger partial charge is 0.300 e. The first-order chi connectivity index (χ1) is 10.7. The van der Waals surface area contributed by atoms with Crippen molar-refractivity contribution in [3.8, 4) is 0 Å². The van der Waals surface area contributed by atoms with E-state index in [0.29, 0.717) is 25.2 Å². The van der Waals surface area contributed by atoms with Crippen LogP contribution in [0.25, 0.3) is 0 Å². The second-order valence-electron chi connectivity index (χ2n) is 4.91. The second-order valence-corrected chi connectivity index (χ2v) is 4.91. The molecule has 0 fully saturated rings. The fourth-order valence-electron chi connectivity index (χ4n) is 2.16. The Labute approximate surface area is 125 Å². The number of rotatable bonds is 5. The van der Waals surface area contributed by atoms with E-state index in [1.807, 2.05) is 30.3 Å². The minimum atomic E-state index is -0.424. The maximum Gasteiger partial charge on any atom is 0.328 e. The lowest BCUT2D eigenvalue weighted by Crippen LogP contribution is -2.29. The van der Waals surface area contributed by atoms with Gasteiger partial charge in [0.15, 0.2) is 5.82 Å². The van der Waals surface area contributed by atoms with Gasteiger partial charge in [-0.3, -0.25) is 14.9 Å². The molecule has 0 unspecified atom stereocenters. The predicted molar refractivity (Wildman–Crippen MR) is 80.7 cm³/mol. The number of nitrogens with zero attached hydrogens (tertiary/aromatic N) is 3. The molecule has 0 atom stereocenters. The maximum absolute atomic E-state index is 11.6. The molecule has 0 aliphatic heterocycles. The van der Waals surface area contributed by atoms with Gasteiger partial charge in [-0.2, -0.15) is 5.10 Å². The normalized spacial score (nSPS) is 10.7. The van der Waals surface area contributed by atoms with E-state index >= 15 is 0 Å². The fourth-order valence-corrected chi connectivity index (χ4v) is 2.16. The Morgan fingerprint density at radius 3 is 2.68 bits per heavy atom. The summed E-state index contributed by atoms with van der Waals surface area (Å²) in [4.78, 5) is 29.2. The molecular weight excluding hydrogens is 282 g/mol. The molecule has 0 aliphatic rings. The summed E-state index contributed by atoms with van der Waals surface area (Å²) in [5.74, 6) is 1.43. The summed E-state index contributed by atoms with van der Waals surface area (Å²) in [5, 5.41) is 7.06. The van der Waals surface area contributed by atoms with Crippen LogP contribution in [-0.2, 0) is 19.4 Å². The van der Waals surface area contributed by atoms with Crippen LogP contribution in [0.1, 0.15) is 17.2 Å². The van der Waals surface area contributed by atoms with E-state index in [4.69, 9.17) is 0 Å². The zero-order valence-electron chi connectivity index (χ0n) is 11.8. The van der Waals surface area contributed by atoms with E-state index in [2.05, 4.69) is 20.2 Å². The predicted octanol–water partition coefficient (Wildman–Crippen LogP) is 0.488. The van der Waals surface area contributed by atoms with Crippen LogP contribution in [0.2, 0.25) is 0 Å². The van der Waals surface area contributed by atoms with Gasteiger partial charge in [0, 0.05) is 31.6 Å². The molecule has 0 amide bonds. The minimum absolute atomic E-state index is 0.399. The first-order valence-electron chi connectivity index (χ1n) is 6.94. The topological polar surface area (TPSA) is 96.4 Å². The van der Waals surface area contributed by atoms with Gasteiger partial charge in [0.2, 0.25) is 0 Å². The summed E-state index contributed by atoms with van der Waals surface area (Å²) in [6, 6.07) is 11.3. The Morgan fingerprint density at radius 2 is 1.91 bits per heavy atom. The molecule has 1 aromatic carbocycles. The highest BCUT2D eigenvalue weighted by molar-refractivity contribution is 5.18. The molecule has 2 aromatic heterocycles. The van der Waals surface area contributed by atoms with Crippen molar-refractivity contribution in [1.82, 2.24) is 24.7 Å². The van der Waals surface area contributed by atoms with Crippen LogP contribution in [0.4, 0.5) is 0 Å². The summed E-state index contributed by atoms with van der Waals surface area (Å²) in [6.07, 6.45) is 2.67. The monoisotopic (exact) mass is 297 g/mol. The van der Waals surface area contributed by atoms with Gasteiger partial charge in [0.05, 0.1) is 0 Å². The van der Waals surface area contributed by atoms with E-state index in [1.165, 1.54) is 16.8 Å². The van der Waals surface area contributed by atoms with E-state index in [-0.39, 0.29) is 0 Å². The van der Waals surface area contributed by atoms with Crippen LogP contribution in [0.3, 0.4) is 0 Å². The number of hydrogen-bond donors (Lipinski definition) is 2. The molecule has 112 valence electrons. The Morgan fingerprint density at radius 1 is 1.09 bits per heavy atom. The maximum atomic E-state index is 11.6. The Hall–Kier alpha value is -2.96. The molecule has 3 aromatic rings. The molecule has 2 N–H and O–H groups in total. The fraction of sp³-hybridized carbons (Fsp3) is 0.200. The van der Waals surface area contributed by atoms with Crippen molar-refractivity contribution in [3.63, 3.8) is 0 Å². The van der Waals surface area contributed by atoms with Gasteiger partial charge in [0.1, 0.15) is 5.82 Å². The van der Waals surface area contributed by atoms with Crippen molar-refractivity contribution in [2.24, 2.45) is 0 Å². The van der Waals surface area contributed by atoms with Gasteiger partial charge < -0.3 is 4.57 Å². The quantitative estimate of drug-likeness (QED) is 0.716. The van der Waals surface area contributed by atoms with Gasteiger partial charge in [-0.15, -0.1) is 0 Å². The van der Waals surface area contributed by atoms with E-state index in [9.17, 15) is 9.59 Å². The molecule has 7 nitrogen and oxygen atoms in total. The van der Waals surface area contributed by atoms with Gasteiger partial charge in [0.25, 0.3) is 5.56 Å². The number of benzene rings is 1. The zero-order valence-corrected chi connectivity index (χ0v) is 11.8. The average Bonchev–Trinajstić information content (AvgIpc) is 2.95. The van der Waals surface area contributed by atoms with Crippen LogP contribution in [0.5, 0.6) is 0 Å². The standard InChI is InChI=1S/C15H15N5O2/c21-14-7-9-20(15(22)17-14)8-6-12-16-13(19-18-12)10-11-4-2-1-3-5-11/h1-5,7,9H,6,8,10H2,(H,16,18,19)(H,17,21,22). The number of aromatic nitrogens is 5. The third-order valence-electron chi connectivity index (χ3n) is 3.27. The third-order valence-corrected chi connectivity index (χ3v) is 3.27. The Balaban J connectivity index is 1.64. The number of aromatic amines is 2. The van der Waals surface area contributed by atoms with Crippen LogP contribution < -0.4 is 11.2 Å². The molecule has 0 saturated heterocycles. The molecule has 0 saturated carbocycles. The number of hydrogen-bond acceptors (Lipinski definition) is 4. The highest BCUT2D eigenvalue weighted by Gasteiger charge is 2.05. The molecule has 0 spiro atoms. The van der Waals surface area contributed by atoms with Crippen molar-refractivity contribution < 1.29 is 0 Å². The molecule has 0 radical (unpaired) electrons. The number of H-pyrrole nitrogens is 2. The average molecular weight is 297 g/mol. The largest absolute Gasteiger partial charge is 0.328 e. The summed E-state index contributed by atoms with van der Waals surface area (Å²) in [5.41, 5.74) is 0.332. The van der Waals surface area contributed by atoms with Gasteiger partial charge in [-0.25, -0.2) is 9.78 Å². The summed E-state index contributed by atoms with van der Waals surface area (Å²) in [6.45, 7) is 0.415. The van der Waals surface area contributed by atoms with Crippen molar-refractivity contribution in [2.45, 2.75) is 19.4 Å². The Bertz CT molecular complexity index is 863. The molecule has 0 aliphatic carbocycles. The highest BCUT2D eigenvalue weighted by Crippen LogP contribution is 2.05. The van der Waals surface area contributed by atoms with Crippen molar-refractivity contribution in [2.75, 3.05) is 0 Å². The van der Waals surface area contributed by atoms with Crippen LogP contribution in [-0.4, -0.2) is 24.7 Å². The first-order valence-corrected chi connectivity index (χ1v) is 6.94. The van der Waals surface area contributed by atoms with Gasteiger partial charge in [-0.05, 0) is 5.56 Å². The van der Waals surface area contributed by atoms with Crippen LogP contribution >= 0.6 is 0 Å². The van der Waals surface area contributed by atoms with Gasteiger partial charge >= 0.3 is 5.69 Å². The molecule has 3 rings (SSSR count). The van der Waals surface area contributed by atoms with Crippen molar-refractivity contribution in [3.05, 3.63) is 80.6 Å². The molecule has 2 heterocycles. The van der Waals surface area contributed by atoms with Gasteiger partial charge in [-0.1, -0.05) is 30.3 Å². The summed E-state index contributed by atoms with van der Waals surface area (Å²) in [7, 11) is 0. The highest BCUT2D eigenvalue weighted by atomic mass is 16.2. The summed E-state index contributed by atoms with van der Waals surface area (Å²) < 4.78 is 1.43. The third kappa shape index (κ3) is 3.38. The molecule has 0 bridgehead atoms. The van der Waals surface area contributed by atoms with Crippen LogP contribution in [0, 0.1) is 0 Å². The van der Waals surface area contributed by atoms with E-state index < -0.39 is 11.2 Å². The lowest BCUT2D eigenvalue weighted by molar-refractivity contribution is 0.629. The van der Waals surface area contributed by atoms with E-state index in [0.717, 1.165) is 11.4 Å². The molecule has 7 heteroatoms. The number of aryl methyl sites for hydroxylation is 2. The Kier molecular flexibility index (Phi) is 3.95. The van der Waals surface area contributed by atoms with E-state index in [1.54, 1.807) is 0 Å². The first kappa shape index (κ1) is 14.0. The molecular formula is C15H15N5O2.